The highest BCUT2D eigenvalue weighted by atomic mass is 16.5. The van der Waals surface area contributed by atoms with E-state index >= 15 is 0 Å². The Morgan fingerprint density at radius 3 is 3.11 bits per heavy atom. The smallest absolute Gasteiger partial charge is 0.356 e. The molecule has 1 aliphatic rings. The minimum absolute atomic E-state index is 0.287. The van der Waals surface area contributed by atoms with Crippen LogP contribution in [-0.2, 0) is 24.2 Å². The predicted octanol–water partition coefficient (Wildman–Crippen LogP) is 0.443. The number of nitrogens with two attached hydrogens (primary N) is 1. The van der Waals surface area contributed by atoms with E-state index in [0.717, 1.165) is 24.1 Å². The number of carbonyl (C=O) groups excluding carboxylic acids is 1. The molecule has 1 aromatic rings. The van der Waals surface area contributed by atoms with E-state index in [0.29, 0.717) is 38.0 Å². The molecule has 2 heterocycles. The van der Waals surface area contributed by atoms with Crippen LogP contribution in [0.3, 0.4) is 0 Å². The third-order valence-corrected chi connectivity index (χ3v) is 3.30. The second kappa shape index (κ2) is 6.16. The number of nitrogens with one attached hydrogen (secondary N) is 1. The van der Waals surface area contributed by atoms with Crippen molar-refractivity contribution in [3.8, 4) is 0 Å². The van der Waals surface area contributed by atoms with Crippen LogP contribution < -0.4 is 11.1 Å². The van der Waals surface area contributed by atoms with Gasteiger partial charge in [0.15, 0.2) is 5.69 Å². The molecule has 19 heavy (non-hydrogen) atoms. The highest BCUT2D eigenvalue weighted by molar-refractivity contribution is 5.89. The molecule has 0 saturated heterocycles. The van der Waals surface area contributed by atoms with Crippen LogP contribution in [-0.4, -0.2) is 34.9 Å². The molecule has 0 spiro atoms. The summed E-state index contributed by atoms with van der Waals surface area (Å²) in [6, 6.07) is 0.389. The standard InChI is InChI=1S/C13H22N4O2/c1-3-19-13(18)12-10-8-15-9(2)7-11(10)16-17(12)6-4-5-14/h9,15H,3-8,14H2,1-2H3/t9-/m1/s1. The van der Waals surface area contributed by atoms with E-state index in [1.165, 1.54) is 0 Å². The van der Waals surface area contributed by atoms with Crippen LogP contribution in [0.2, 0.25) is 0 Å². The molecular weight excluding hydrogens is 244 g/mol. The molecule has 0 bridgehead atoms. The Morgan fingerprint density at radius 2 is 2.42 bits per heavy atom. The van der Waals surface area contributed by atoms with E-state index < -0.39 is 0 Å². The number of aryl methyl sites for hydroxylation is 1. The molecule has 1 aromatic heterocycles. The molecule has 106 valence electrons. The molecule has 0 aromatic carbocycles. The van der Waals surface area contributed by atoms with Gasteiger partial charge < -0.3 is 15.8 Å². The molecule has 0 radical (unpaired) electrons. The van der Waals surface area contributed by atoms with Crippen LogP contribution in [0.15, 0.2) is 0 Å². The fourth-order valence-corrected chi connectivity index (χ4v) is 2.37. The number of rotatable bonds is 5. The Hall–Kier alpha value is -1.40. The number of carbonyl (C=O) groups is 1. The molecular formula is C13H22N4O2. The molecule has 3 N–H and O–H groups in total. The molecule has 1 aliphatic heterocycles. The lowest BCUT2D eigenvalue weighted by Gasteiger charge is -2.19. The number of esters is 1. The largest absolute Gasteiger partial charge is 0.461 e. The predicted molar refractivity (Wildman–Crippen MR) is 71.9 cm³/mol. The van der Waals surface area contributed by atoms with Crippen LogP contribution in [0.5, 0.6) is 0 Å². The highest BCUT2D eigenvalue weighted by Gasteiger charge is 2.27. The average Bonchev–Trinajstić information content (AvgIpc) is 2.73. The molecule has 0 aliphatic carbocycles. The van der Waals surface area contributed by atoms with Gasteiger partial charge in [-0.15, -0.1) is 0 Å². The van der Waals surface area contributed by atoms with Crippen molar-refractivity contribution >= 4 is 5.97 Å². The van der Waals surface area contributed by atoms with Gasteiger partial charge in [-0.25, -0.2) is 4.79 Å². The minimum Gasteiger partial charge on any atom is -0.461 e. The van der Waals surface area contributed by atoms with E-state index in [1.807, 2.05) is 6.92 Å². The third-order valence-electron chi connectivity index (χ3n) is 3.30. The van der Waals surface area contributed by atoms with Gasteiger partial charge in [0, 0.05) is 31.1 Å². The van der Waals surface area contributed by atoms with Gasteiger partial charge in [-0.05, 0) is 26.8 Å². The van der Waals surface area contributed by atoms with Crippen LogP contribution in [0.4, 0.5) is 0 Å². The molecule has 6 nitrogen and oxygen atoms in total. The molecule has 2 rings (SSSR count). The van der Waals surface area contributed by atoms with Crippen molar-refractivity contribution in [2.24, 2.45) is 5.73 Å². The highest BCUT2D eigenvalue weighted by Crippen LogP contribution is 2.21. The van der Waals surface area contributed by atoms with Crippen molar-refractivity contribution in [1.82, 2.24) is 15.1 Å². The summed E-state index contributed by atoms with van der Waals surface area (Å²) in [6.45, 7) is 6.22. The van der Waals surface area contributed by atoms with E-state index in [-0.39, 0.29) is 5.97 Å². The maximum atomic E-state index is 12.1. The Kier molecular flexibility index (Phi) is 4.55. The molecule has 1 atom stereocenters. The van der Waals surface area contributed by atoms with Gasteiger partial charge in [-0.3, -0.25) is 4.68 Å². The van der Waals surface area contributed by atoms with Gasteiger partial charge >= 0.3 is 5.97 Å². The van der Waals surface area contributed by atoms with Gasteiger partial charge in [0.2, 0.25) is 0 Å². The Balaban J connectivity index is 2.33. The number of aromatic nitrogens is 2. The van der Waals surface area contributed by atoms with Gasteiger partial charge in [-0.1, -0.05) is 0 Å². The monoisotopic (exact) mass is 266 g/mol. The summed E-state index contributed by atoms with van der Waals surface area (Å²) in [7, 11) is 0. The number of fused-ring (bicyclic) bond motifs is 1. The molecule has 0 saturated carbocycles. The fourth-order valence-electron chi connectivity index (χ4n) is 2.37. The number of hydrogen-bond acceptors (Lipinski definition) is 5. The summed E-state index contributed by atoms with van der Waals surface area (Å²) in [4.78, 5) is 12.1. The van der Waals surface area contributed by atoms with E-state index in [9.17, 15) is 4.79 Å². The van der Waals surface area contributed by atoms with E-state index in [1.54, 1.807) is 4.68 Å². The Bertz CT molecular complexity index is 456. The zero-order chi connectivity index (χ0) is 13.8. The SMILES string of the molecule is CCOC(=O)c1c2c(nn1CCCN)C[C@@H](C)NC2. The molecule has 0 amide bonds. The van der Waals surface area contributed by atoms with Crippen molar-refractivity contribution in [2.75, 3.05) is 13.2 Å². The minimum atomic E-state index is -0.287. The maximum absolute atomic E-state index is 12.1. The normalized spacial score (nSPS) is 18.2. The van der Waals surface area contributed by atoms with Crippen LogP contribution in [0.25, 0.3) is 0 Å². The van der Waals surface area contributed by atoms with Gasteiger partial charge in [0.25, 0.3) is 0 Å². The fraction of sp³-hybridized carbons (Fsp3) is 0.692. The van der Waals surface area contributed by atoms with Crippen molar-refractivity contribution in [3.05, 3.63) is 17.0 Å². The summed E-state index contributed by atoms with van der Waals surface area (Å²) in [5.41, 5.74) is 8.11. The average molecular weight is 266 g/mol. The number of ether oxygens (including phenoxy) is 1. The summed E-state index contributed by atoms with van der Waals surface area (Å²) >= 11 is 0. The molecule has 6 heteroatoms. The first-order chi connectivity index (χ1) is 9.17. The van der Waals surface area contributed by atoms with Gasteiger partial charge in [-0.2, -0.15) is 5.10 Å². The quantitative estimate of drug-likeness (QED) is 0.756. The summed E-state index contributed by atoms with van der Waals surface area (Å²) in [6.07, 6.45) is 1.65. The third kappa shape index (κ3) is 2.96. The Morgan fingerprint density at radius 1 is 1.63 bits per heavy atom. The Labute approximate surface area is 113 Å². The van der Waals surface area contributed by atoms with Crippen LogP contribution >= 0.6 is 0 Å². The topological polar surface area (TPSA) is 82.2 Å². The zero-order valence-corrected chi connectivity index (χ0v) is 11.6. The van der Waals surface area contributed by atoms with Gasteiger partial charge in [0.1, 0.15) is 0 Å². The summed E-state index contributed by atoms with van der Waals surface area (Å²) < 4.78 is 6.90. The van der Waals surface area contributed by atoms with Crippen LogP contribution in [0.1, 0.15) is 42.0 Å². The summed E-state index contributed by atoms with van der Waals surface area (Å²) in [5, 5.41) is 7.92. The second-order valence-electron chi connectivity index (χ2n) is 4.85. The summed E-state index contributed by atoms with van der Waals surface area (Å²) in [5.74, 6) is -0.287. The molecule has 0 unspecified atom stereocenters. The lowest BCUT2D eigenvalue weighted by molar-refractivity contribution is 0.0510. The zero-order valence-electron chi connectivity index (χ0n) is 11.6. The number of nitrogens with zero attached hydrogens (tertiary/aromatic N) is 2. The van der Waals surface area contributed by atoms with Crippen LogP contribution in [0, 0.1) is 0 Å². The van der Waals surface area contributed by atoms with Crippen molar-refractivity contribution in [2.45, 2.75) is 45.8 Å². The van der Waals surface area contributed by atoms with E-state index in [4.69, 9.17) is 10.5 Å². The first kappa shape index (κ1) is 14.0. The van der Waals surface area contributed by atoms with Crippen molar-refractivity contribution in [3.63, 3.8) is 0 Å². The lowest BCUT2D eigenvalue weighted by Crippen LogP contribution is -2.33. The lowest BCUT2D eigenvalue weighted by atomic mass is 10.0. The van der Waals surface area contributed by atoms with Gasteiger partial charge in [0.05, 0.1) is 12.3 Å². The van der Waals surface area contributed by atoms with Crippen molar-refractivity contribution in [1.29, 1.82) is 0 Å². The van der Waals surface area contributed by atoms with Crippen molar-refractivity contribution < 1.29 is 9.53 Å². The molecule has 0 fully saturated rings. The number of hydrogen-bond donors (Lipinski definition) is 2. The first-order valence-corrected chi connectivity index (χ1v) is 6.86. The first-order valence-electron chi connectivity index (χ1n) is 6.86. The maximum Gasteiger partial charge on any atom is 0.356 e. The van der Waals surface area contributed by atoms with E-state index in [2.05, 4.69) is 17.3 Å². The second-order valence-corrected chi connectivity index (χ2v) is 4.85.